The highest BCUT2D eigenvalue weighted by Crippen LogP contribution is 2.44. The molecule has 3 heteroatoms. The monoisotopic (exact) mass is 267 g/mol. The fourth-order valence-corrected chi connectivity index (χ4v) is 3.42. The lowest BCUT2D eigenvalue weighted by molar-refractivity contribution is 0.0829. The van der Waals surface area contributed by atoms with Gasteiger partial charge in [-0.15, -0.1) is 0 Å². The van der Waals surface area contributed by atoms with Gasteiger partial charge in [-0.1, -0.05) is 12.1 Å². The second kappa shape index (κ2) is 4.00. The van der Waals surface area contributed by atoms with Crippen molar-refractivity contribution in [1.29, 1.82) is 0 Å². The predicted molar refractivity (Wildman–Crippen MR) is 77.8 cm³/mol. The Hall–Kier alpha value is -2.00. The topological polar surface area (TPSA) is 55.5 Å². The molecule has 0 bridgehead atoms. The number of hydrogen-bond acceptors (Lipinski definition) is 3. The molecule has 0 aromatic heterocycles. The van der Waals surface area contributed by atoms with E-state index in [0.717, 1.165) is 47.6 Å². The third-order valence-electron chi connectivity index (χ3n) is 4.50. The SMILES string of the molecule is Nc1ccc2c(c1)CCC2(O)c1ccc2c(c1)CCO2. The molecule has 1 unspecified atom stereocenters. The van der Waals surface area contributed by atoms with E-state index >= 15 is 0 Å². The largest absolute Gasteiger partial charge is 0.493 e. The second-order valence-electron chi connectivity index (χ2n) is 5.70. The molecule has 1 aliphatic heterocycles. The van der Waals surface area contributed by atoms with Crippen molar-refractivity contribution in [1.82, 2.24) is 0 Å². The Bertz CT molecular complexity index is 695. The van der Waals surface area contributed by atoms with Crippen molar-refractivity contribution in [2.45, 2.75) is 24.9 Å². The Balaban J connectivity index is 1.83. The molecule has 0 amide bonds. The van der Waals surface area contributed by atoms with E-state index in [4.69, 9.17) is 10.5 Å². The average molecular weight is 267 g/mol. The van der Waals surface area contributed by atoms with Gasteiger partial charge in [-0.25, -0.2) is 0 Å². The summed E-state index contributed by atoms with van der Waals surface area (Å²) in [5, 5.41) is 11.2. The fraction of sp³-hybridized carbons (Fsp3) is 0.294. The van der Waals surface area contributed by atoms with Gasteiger partial charge in [-0.05, 0) is 59.4 Å². The van der Waals surface area contributed by atoms with Crippen LogP contribution >= 0.6 is 0 Å². The maximum atomic E-state index is 11.2. The molecular formula is C17H17NO2. The molecular weight excluding hydrogens is 250 g/mol. The van der Waals surface area contributed by atoms with E-state index in [1.807, 2.05) is 30.3 Å². The van der Waals surface area contributed by atoms with Crippen molar-refractivity contribution in [3.8, 4) is 5.75 Å². The molecule has 3 nitrogen and oxygen atoms in total. The Morgan fingerprint density at radius 1 is 1.05 bits per heavy atom. The molecule has 1 atom stereocenters. The summed E-state index contributed by atoms with van der Waals surface area (Å²) in [4.78, 5) is 0. The third kappa shape index (κ3) is 1.56. The van der Waals surface area contributed by atoms with Crippen LogP contribution in [-0.2, 0) is 18.4 Å². The molecule has 1 heterocycles. The zero-order valence-electron chi connectivity index (χ0n) is 11.2. The quantitative estimate of drug-likeness (QED) is 0.780. The summed E-state index contributed by atoms with van der Waals surface area (Å²) >= 11 is 0. The number of ether oxygens (including phenoxy) is 1. The van der Waals surface area contributed by atoms with Gasteiger partial charge in [0.25, 0.3) is 0 Å². The number of nitrogen functional groups attached to an aromatic ring is 1. The summed E-state index contributed by atoms with van der Waals surface area (Å²) in [6.45, 7) is 0.740. The molecule has 2 aromatic carbocycles. The summed E-state index contributed by atoms with van der Waals surface area (Å²) in [6.07, 6.45) is 2.50. The highest BCUT2D eigenvalue weighted by atomic mass is 16.5. The summed E-state index contributed by atoms with van der Waals surface area (Å²) in [5.74, 6) is 0.952. The standard InChI is InChI=1S/C17H17NO2/c18-14-2-3-15-11(10-14)5-7-17(15,19)13-1-4-16-12(9-13)6-8-20-16/h1-4,9-10,19H,5-8,18H2. The van der Waals surface area contributed by atoms with Gasteiger partial charge in [0.05, 0.1) is 6.61 Å². The van der Waals surface area contributed by atoms with E-state index in [9.17, 15) is 5.11 Å². The minimum absolute atomic E-state index is 0.714. The number of benzene rings is 2. The zero-order valence-corrected chi connectivity index (χ0v) is 11.2. The van der Waals surface area contributed by atoms with Crippen LogP contribution in [0.25, 0.3) is 0 Å². The van der Waals surface area contributed by atoms with E-state index in [2.05, 4.69) is 6.07 Å². The molecule has 20 heavy (non-hydrogen) atoms. The molecule has 1 aliphatic carbocycles. The lowest BCUT2D eigenvalue weighted by Gasteiger charge is -2.25. The zero-order chi connectivity index (χ0) is 13.7. The van der Waals surface area contributed by atoms with Crippen LogP contribution in [0.5, 0.6) is 5.75 Å². The van der Waals surface area contributed by atoms with E-state index in [1.165, 1.54) is 5.56 Å². The van der Waals surface area contributed by atoms with Crippen molar-refractivity contribution in [2.24, 2.45) is 0 Å². The van der Waals surface area contributed by atoms with Gasteiger partial charge in [0.15, 0.2) is 0 Å². The number of aryl methyl sites for hydroxylation is 1. The van der Waals surface area contributed by atoms with Crippen molar-refractivity contribution in [3.05, 3.63) is 58.7 Å². The van der Waals surface area contributed by atoms with Gasteiger partial charge in [-0.2, -0.15) is 0 Å². The number of anilines is 1. The van der Waals surface area contributed by atoms with Crippen LogP contribution in [0.4, 0.5) is 5.69 Å². The molecule has 102 valence electrons. The Morgan fingerprint density at radius 2 is 1.95 bits per heavy atom. The molecule has 0 saturated carbocycles. The van der Waals surface area contributed by atoms with Crippen LogP contribution in [0.2, 0.25) is 0 Å². The van der Waals surface area contributed by atoms with Crippen LogP contribution in [0.1, 0.15) is 28.7 Å². The number of aliphatic hydroxyl groups is 1. The first kappa shape index (κ1) is 11.8. The van der Waals surface area contributed by atoms with Gasteiger partial charge in [0, 0.05) is 12.1 Å². The Kier molecular flexibility index (Phi) is 2.36. The Labute approximate surface area is 118 Å². The van der Waals surface area contributed by atoms with Gasteiger partial charge in [0.2, 0.25) is 0 Å². The highest BCUT2D eigenvalue weighted by Gasteiger charge is 2.38. The third-order valence-corrected chi connectivity index (χ3v) is 4.50. The predicted octanol–water partition coefficient (Wildman–Crippen LogP) is 2.39. The summed E-state index contributed by atoms with van der Waals surface area (Å²) in [6, 6.07) is 11.9. The highest BCUT2D eigenvalue weighted by molar-refractivity contribution is 5.53. The molecule has 0 radical (unpaired) electrons. The fourth-order valence-electron chi connectivity index (χ4n) is 3.42. The molecule has 4 rings (SSSR count). The summed E-state index contributed by atoms with van der Waals surface area (Å²) < 4.78 is 5.54. The molecule has 0 saturated heterocycles. The minimum atomic E-state index is -0.888. The van der Waals surface area contributed by atoms with Crippen molar-refractivity contribution >= 4 is 5.69 Å². The summed E-state index contributed by atoms with van der Waals surface area (Å²) in [5.41, 5.74) is 10.0. The minimum Gasteiger partial charge on any atom is -0.493 e. The average Bonchev–Trinajstić information content (AvgIpc) is 3.03. The first-order valence-electron chi connectivity index (χ1n) is 7.04. The maximum Gasteiger partial charge on any atom is 0.122 e. The second-order valence-corrected chi connectivity index (χ2v) is 5.70. The lowest BCUT2D eigenvalue weighted by Crippen LogP contribution is -2.24. The molecule has 0 fully saturated rings. The van der Waals surface area contributed by atoms with Crippen LogP contribution in [-0.4, -0.2) is 11.7 Å². The first-order valence-corrected chi connectivity index (χ1v) is 7.04. The van der Waals surface area contributed by atoms with E-state index < -0.39 is 5.60 Å². The molecule has 2 aromatic rings. The van der Waals surface area contributed by atoms with Crippen LogP contribution in [0, 0.1) is 0 Å². The number of rotatable bonds is 1. The van der Waals surface area contributed by atoms with Crippen LogP contribution in [0.15, 0.2) is 36.4 Å². The van der Waals surface area contributed by atoms with Gasteiger partial charge < -0.3 is 15.6 Å². The number of nitrogens with two attached hydrogens (primary N) is 1. The van der Waals surface area contributed by atoms with E-state index in [0.29, 0.717) is 6.42 Å². The normalized spacial score (nSPS) is 23.2. The van der Waals surface area contributed by atoms with Crippen LogP contribution in [0.3, 0.4) is 0 Å². The van der Waals surface area contributed by atoms with Gasteiger partial charge >= 0.3 is 0 Å². The lowest BCUT2D eigenvalue weighted by atomic mass is 9.86. The van der Waals surface area contributed by atoms with Crippen LogP contribution < -0.4 is 10.5 Å². The first-order chi connectivity index (χ1) is 9.67. The number of hydrogen-bond donors (Lipinski definition) is 2. The molecule has 3 N–H and O–H groups in total. The Morgan fingerprint density at radius 3 is 2.85 bits per heavy atom. The van der Waals surface area contributed by atoms with Gasteiger partial charge in [0.1, 0.15) is 11.4 Å². The number of fused-ring (bicyclic) bond motifs is 2. The maximum absolute atomic E-state index is 11.2. The van der Waals surface area contributed by atoms with Crippen molar-refractivity contribution in [3.63, 3.8) is 0 Å². The molecule has 2 aliphatic rings. The molecule has 0 spiro atoms. The van der Waals surface area contributed by atoms with E-state index in [-0.39, 0.29) is 0 Å². The smallest absolute Gasteiger partial charge is 0.122 e. The van der Waals surface area contributed by atoms with Crippen molar-refractivity contribution in [2.75, 3.05) is 12.3 Å². The van der Waals surface area contributed by atoms with Gasteiger partial charge in [-0.3, -0.25) is 0 Å². The van der Waals surface area contributed by atoms with E-state index in [1.54, 1.807) is 0 Å². The summed E-state index contributed by atoms with van der Waals surface area (Å²) in [7, 11) is 0. The van der Waals surface area contributed by atoms with Crippen molar-refractivity contribution < 1.29 is 9.84 Å².